The van der Waals surface area contributed by atoms with E-state index in [4.69, 9.17) is 4.74 Å². The molecule has 0 spiro atoms. The van der Waals surface area contributed by atoms with Gasteiger partial charge in [0.25, 0.3) is 0 Å². The van der Waals surface area contributed by atoms with Crippen LogP contribution in [0.15, 0.2) is 0 Å². The fraction of sp³-hybridized carbons (Fsp3) is 0.857. The molecule has 0 amide bonds. The Hall–Kier alpha value is -0.530. The van der Waals surface area contributed by atoms with Crippen molar-refractivity contribution in [3.8, 4) is 0 Å². The van der Waals surface area contributed by atoms with Crippen molar-refractivity contribution in [3.05, 3.63) is 0 Å². The Kier molecular flexibility index (Phi) is 2.09. The minimum Gasteiger partial charge on any atom is -0.466 e. The van der Waals surface area contributed by atoms with Crippen LogP contribution in [0, 0.1) is 5.92 Å². The summed E-state index contributed by atoms with van der Waals surface area (Å²) < 4.78 is 4.83. The number of carbonyl (C=O) groups is 1. The smallest absolute Gasteiger partial charge is 0.306 e. The Balaban J connectivity index is 2.37. The van der Waals surface area contributed by atoms with Crippen molar-refractivity contribution in [2.45, 2.75) is 26.2 Å². The molecule has 0 radical (unpaired) electrons. The fourth-order valence-electron chi connectivity index (χ4n) is 1.06. The number of rotatable bonds is 0. The summed E-state index contributed by atoms with van der Waals surface area (Å²) in [7, 11) is 0. The molecule has 2 nitrogen and oxygen atoms in total. The largest absolute Gasteiger partial charge is 0.466 e. The van der Waals surface area contributed by atoms with Gasteiger partial charge in [-0.05, 0) is 18.8 Å². The van der Waals surface area contributed by atoms with E-state index in [2.05, 4.69) is 6.92 Å². The van der Waals surface area contributed by atoms with Crippen LogP contribution in [0.5, 0.6) is 0 Å². The molecule has 1 atom stereocenters. The normalized spacial score (nSPS) is 29.0. The van der Waals surface area contributed by atoms with Crippen molar-refractivity contribution >= 4 is 5.97 Å². The summed E-state index contributed by atoms with van der Waals surface area (Å²) in [5.74, 6) is 0.500. The number of hydrogen-bond acceptors (Lipinski definition) is 2. The summed E-state index contributed by atoms with van der Waals surface area (Å²) in [5, 5.41) is 0. The van der Waals surface area contributed by atoms with Crippen LogP contribution in [0.4, 0.5) is 0 Å². The van der Waals surface area contributed by atoms with Crippen LogP contribution in [-0.4, -0.2) is 12.6 Å². The number of carbonyl (C=O) groups excluding carboxylic acids is 1. The van der Waals surface area contributed by atoms with Gasteiger partial charge in [-0.2, -0.15) is 0 Å². The van der Waals surface area contributed by atoms with Crippen LogP contribution in [0.3, 0.4) is 0 Å². The third-order valence-corrected chi connectivity index (χ3v) is 1.62. The average Bonchev–Trinajstić information content (AvgIpc) is 1.93. The predicted molar refractivity (Wildman–Crippen MR) is 34.0 cm³/mol. The Morgan fingerprint density at radius 3 is 3.22 bits per heavy atom. The molecule has 0 bridgehead atoms. The quantitative estimate of drug-likeness (QED) is 0.460. The Labute approximate surface area is 55.2 Å². The number of cyclic esters (lactones) is 1. The van der Waals surface area contributed by atoms with Crippen molar-refractivity contribution in [3.63, 3.8) is 0 Å². The minimum absolute atomic E-state index is 0.0278. The van der Waals surface area contributed by atoms with E-state index in [1.807, 2.05) is 0 Å². The maximum atomic E-state index is 10.7. The van der Waals surface area contributed by atoms with Crippen LogP contribution < -0.4 is 0 Å². The van der Waals surface area contributed by atoms with E-state index >= 15 is 0 Å². The van der Waals surface area contributed by atoms with Gasteiger partial charge in [0.15, 0.2) is 0 Å². The molecule has 0 aromatic heterocycles. The fourth-order valence-corrected chi connectivity index (χ4v) is 1.06. The number of hydrogen-bond donors (Lipinski definition) is 0. The number of esters is 1. The molecule has 0 N–H and O–H groups in total. The maximum Gasteiger partial charge on any atom is 0.306 e. The predicted octanol–water partition coefficient (Wildman–Crippen LogP) is 1.35. The van der Waals surface area contributed by atoms with Gasteiger partial charge in [-0.25, -0.2) is 0 Å². The Morgan fingerprint density at radius 1 is 1.67 bits per heavy atom. The van der Waals surface area contributed by atoms with Crippen molar-refractivity contribution in [2.24, 2.45) is 5.92 Å². The second kappa shape index (κ2) is 2.85. The van der Waals surface area contributed by atoms with Gasteiger partial charge in [0, 0.05) is 6.42 Å². The van der Waals surface area contributed by atoms with Gasteiger partial charge in [0.05, 0.1) is 6.61 Å². The first-order chi connectivity index (χ1) is 4.29. The molecule has 9 heavy (non-hydrogen) atoms. The zero-order chi connectivity index (χ0) is 6.69. The average molecular weight is 128 g/mol. The highest BCUT2D eigenvalue weighted by Crippen LogP contribution is 2.14. The molecule has 1 aliphatic rings. The standard InChI is InChI=1S/C7H12O2/c1-6-3-2-4-9-7(8)5-6/h6H,2-5H2,1H3/t6-/m0/s1. The SMILES string of the molecule is C[C@H]1CCCOC(=O)C1. The molecule has 1 fully saturated rings. The van der Waals surface area contributed by atoms with E-state index in [0.29, 0.717) is 18.9 Å². The third kappa shape index (κ3) is 2.04. The van der Waals surface area contributed by atoms with E-state index in [-0.39, 0.29) is 5.97 Å². The molecular formula is C7H12O2. The van der Waals surface area contributed by atoms with Crippen molar-refractivity contribution < 1.29 is 9.53 Å². The van der Waals surface area contributed by atoms with Gasteiger partial charge in [-0.1, -0.05) is 6.92 Å². The maximum absolute atomic E-state index is 10.7. The van der Waals surface area contributed by atoms with E-state index in [0.717, 1.165) is 12.8 Å². The van der Waals surface area contributed by atoms with Crippen molar-refractivity contribution in [1.29, 1.82) is 0 Å². The molecule has 0 aliphatic carbocycles. The first kappa shape index (κ1) is 6.59. The third-order valence-electron chi connectivity index (χ3n) is 1.62. The summed E-state index contributed by atoms with van der Waals surface area (Å²) in [6, 6.07) is 0. The van der Waals surface area contributed by atoms with Gasteiger partial charge in [-0.15, -0.1) is 0 Å². The van der Waals surface area contributed by atoms with Gasteiger partial charge in [0.1, 0.15) is 0 Å². The van der Waals surface area contributed by atoms with E-state index in [1.165, 1.54) is 0 Å². The molecule has 1 aliphatic heterocycles. The van der Waals surface area contributed by atoms with Gasteiger partial charge >= 0.3 is 5.97 Å². The van der Waals surface area contributed by atoms with Gasteiger partial charge in [0.2, 0.25) is 0 Å². The lowest BCUT2D eigenvalue weighted by Crippen LogP contribution is -2.03. The van der Waals surface area contributed by atoms with Crippen LogP contribution >= 0.6 is 0 Å². The molecule has 1 rings (SSSR count). The first-order valence-corrected chi connectivity index (χ1v) is 3.44. The molecule has 0 unspecified atom stereocenters. The molecule has 0 aromatic rings. The summed E-state index contributed by atoms with van der Waals surface area (Å²) in [6.45, 7) is 2.72. The van der Waals surface area contributed by atoms with Crippen LogP contribution in [0.25, 0.3) is 0 Å². The lowest BCUT2D eigenvalue weighted by atomic mass is 10.0. The molecule has 2 heteroatoms. The Bertz CT molecular complexity index is 109. The Morgan fingerprint density at radius 2 is 2.44 bits per heavy atom. The van der Waals surface area contributed by atoms with Crippen molar-refractivity contribution in [1.82, 2.24) is 0 Å². The topological polar surface area (TPSA) is 26.3 Å². The molecule has 0 aromatic carbocycles. The summed E-state index contributed by atoms with van der Waals surface area (Å²) in [6.07, 6.45) is 2.78. The lowest BCUT2D eigenvalue weighted by molar-refractivity contribution is -0.143. The van der Waals surface area contributed by atoms with Crippen LogP contribution in [-0.2, 0) is 9.53 Å². The van der Waals surface area contributed by atoms with E-state index in [9.17, 15) is 4.79 Å². The van der Waals surface area contributed by atoms with Crippen LogP contribution in [0.2, 0.25) is 0 Å². The molecule has 0 saturated carbocycles. The monoisotopic (exact) mass is 128 g/mol. The molecule has 52 valence electrons. The molecular weight excluding hydrogens is 116 g/mol. The second-order valence-electron chi connectivity index (χ2n) is 2.67. The number of ether oxygens (including phenoxy) is 1. The van der Waals surface area contributed by atoms with Crippen molar-refractivity contribution in [2.75, 3.05) is 6.61 Å². The lowest BCUT2D eigenvalue weighted by Gasteiger charge is -2.00. The summed E-state index contributed by atoms with van der Waals surface area (Å²) >= 11 is 0. The first-order valence-electron chi connectivity index (χ1n) is 3.44. The second-order valence-corrected chi connectivity index (χ2v) is 2.67. The summed E-state index contributed by atoms with van der Waals surface area (Å²) in [4.78, 5) is 10.7. The zero-order valence-corrected chi connectivity index (χ0v) is 5.72. The van der Waals surface area contributed by atoms with Gasteiger partial charge in [-0.3, -0.25) is 4.79 Å². The van der Waals surface area contributed by atoms with E-state index in [1.54, 1.807) is 0 Å². The van der Waals surface area contributed by atoms with E-state index < -0.39 is 0 Å². The molecule has 1 saturated heterocycles. The minimum atomic E-state index is -0.0278. The van der Waals surface area contributed by atoms with Gasteiger partial charge < -0.3 is 4.74 Å². The highest BCUT2D eigenvalue weighted by atomic mass is 16.5. The van der Waals surface area contributed by atoms with Crippen LogP contribution in [0.1, 0.15) is 26.2 Å². The highest BCUT2D eigenvalue weighted by Gasteiger charge is 2.13. The molecule has 1 heterocycles. The summed E-state index contributed by atoms with van der Waals surface area (Å²) in [5.41, 5.74) is 0. The zero-order valence-electron chi connectivity index (χ0n) is 5.72. The highest BCUT2D eigenvalue weighted by molar-refractivity contribution is 5.69.